The molecule has 0 N–H and O–H groups in total. The summed E-state index contributed by atoms with van der Waals surface area (Å²) >= 11 is 0. The highest BCUT2D eigenvalue weighted by atomic mass is 19.2. The van der Waals surface area contributed by atoms with Crippen LogP contribution in [0.2, 0.25) is 0 Å². The Balaban J connectivity index is 1.71. The van der Waals surface area contributed by atoms with Gasteiger partial charge in [0.05, 0.1) is 5.41 Å². The summed E-state index contributed by atoms with van der Waals surface area (Å²) in [5.41, 5.74) is 2.11. The second-order valence-corrected chi connectivity index (χ2v) is 10.1. The first-order valence-corrected chi connectivity index (χ1v) is 11.3. The Labute approximate surface area is 190 Å². The van der Waals surface area contributed by atoms with E-state index in [4.69, 9.17) is 4.74 Å². The van der Waals surface area contributed by atoms with Crippen molar-refractivity contribution in [2.24, 2.45) is 11.3 Å². The Morgan fingerprint density at radius 3 is 2.18 bits per heavy atom. The molecule has 0 spiro atoms. The summed E-state index contributed by atoms with van der Waals surface area (Å²) in [5.74, 6) is -13.2. The number of aryl methyl sites for hydroxylation is 1. The molecule has 2 aromatic carbocycles. The predicted molar refractivity (Wildman–Crippen MR) is 114 cm³/mol. The van der Waals surface area contributed by atoms with Gasteiger partial charge in [-0.15, -0.1) is 0 Å². The number of benzene rings is 2. The van der Waals surface area contributed by atoms with Crippen LogP contribution in [0.15, 0.2) is 18.2 Å². The van der Waals surface area contributed by atoms with Gasteiger partial charge in [-0.2, -0.15) is 8.78 Å². The van der Waals surface area contributed by atoms with E-state index in [1.165, 1.54) is 11.1 Å². The number of hydrogen-bond acceptors (Lipinski definition) is 2. The first kappa shape index (κ1) is 23.7. The standard InChI is InChI=1S/C26H27F5O2/c1-13(2)14-6-8-16-15(12-14)7-9-17-25(16,3)10-5-11-26(17,4)24(32)33-23-21(30)19(28)18(27)20(29)22(23)31/h6,8,12-13,17H,5,7,9-11H2,1-4H3/t17-,25+,26-/m1/s1. The topological polar surface area (TPSA) is 26.3 Å². The third kappa shape index (κ3) is 3.55. The van der Waals surface area contributed by atoms with Gasteiger partial charge in [0.25, 0.3) is 0 Å². The van der Waals surface area contributed by atoms with Crippen molar-refractivity contribution in [3.05, 3.63) is 64.0 Å². The van der Waals surface area contributed by atoms with Crippen molar-refractivity contribution in [1.82, 2.24) is 0 Å². The molecule has 0 heterocycles. The molecular formula is C26H27F5O2. The molecule has 1 fully saturated rings. The zero-order valence-electron chi connectivity index (χ0n) is 19.1. The van der Waals surface area contributed by atoms with E-state index in [1.54, 1.807) is 6.92 Å². The number of rotatable bonds is 3. The van der Waals surface area contributed by atoms with Crippen molar-refractivity contribution >= 4 is 5.97 Å². The number of hydrogen-bond donors (Lipinski definition) is 0. The normalized spacial score (nSPS) is 26.7. The maximum atomic E-state index is 14.2. The molecule has 0 unspecified atom stereocenters. The molecule has 0 radical (unpaired) electrons. The van der Waals surface area contributed by atoms with Crippen LogP contribution in [0.5, 0.6) is 5.75 Å². The van der Waals surface area contributed by atoms with E-state index in [0.29, 0.717) is 25.2 Å². The smallest absolute Gasteiger partial charge is 0.317 e. The van der Waals surface area contributed by atoms with Gasteiger partial charge in [0, 0.05) is 0 Å². The highest BCUT2D eigenvalue weighted by Crippen LogP contribution is 2.58. The molecule has 2 aliphatic carbocycles. The lowest BCUT2D eigenvalue weighted by Gasteiger charge is -2.54. The van der Waals surface area contributed by atoms with E-state index < -0.39 is 46.2 Å². The number of halogens is 5. The van der Waals surface area contributed by atoms with Gasteiger partial charge in [-0.1, -0.05) is 45.4 Å². The molecule has 33 heavy (non-hydrogen) atoms. The summed E-state index contributed by atoms with van der Waals surface area (Å²) < 4.78 is 73.9. The predicted octanol–water partition coefficient (Wildman–Crippen LogP) is 7.12. The monoisotopic (exact) mass is 466 g/mol. The number of carbonyl (C=O) groups is 1. The fraction of sp³-hybridized carbons (Fsp3) is 0.500. The van der Waals surface area contributed by atoms with E-state index in [9.17, 15) is 26.7 Å². The maximum absolute atomic E-state index is 14.2. The molecule has 2 aliphatic rings. The highest BCUT2D eigenvalue weighted by molar-refractivity contribution is 5.80. The first-order chi connectivity index (χ1) is 15.4. The van der Waals surface area contributed by atoms with Gasteiger partial charge in [0.2, 0.25) is 34.8 Å². The number of ether oxygens (including phenoxy) is 1. The van der Waals surface area contributed by atoms with E-state index in [1.807, 2.05) is 0 Å². The van der Waals surface area contributed by atoms with Crippen molar-refractivity contribution in [2.75, 3.05) is 0 Å². The zero-order valence-corrected chi connectivity index (χ0v) is 19.1. The van der Waals surface area contributed by atoms with Crippen LogP contribution in [0.25, 0.3) is 0 Å². The summed E-state index contributed by atoms with van der Waals surface area (Å²) in [5, 5.41) is 0. The number of fused-ring (bicyclic) bond motifs is 3. The van der Waals surface area contributed by atoms with Gasteiger partial charge in [-0.25, -0.2) is 13.2 Å². The van der Waals surface area contributed by atoms with Crippen molar-refractivity contribution < 1.29 is 31.5 Å². The van der Waals surface area contributed by atoms with Gasteiger partial charge >= 0.3 is 5.97 Å². The van der Waals surface area contributed by atoms with Crippen LogP contribution < -0.4 is 4.74 Å². The highest BCUT2D eigenvalue weighted by Gasteiger charge is 2.56. The molecule has 0 aliphatic heterocycles. The van der Waals surface area contributed by atoms with E-state index in [2.05, 4.69) is 39.0 Å². The van der Waals surface area contributed by atoms with Crippen molar-refractivity contribution in [3.63, 3.8) is 0 Å². The second-order valence-electron chi connectivity index (χ2n) is 10.1. The molecule has 7 heteroatoms. The van der Waals surface area contributed by atoms with E-state index in [0.717, 1.165) is 18.4 Å². The quantitative estimate of drug-likeness (QED) is 0.158. The Morgan fingerprint density at radius 1 is 0.970 bits per heavy atom. The summed E-state index contributed by atoms with van der Waals surface area (Å²) in [4.78, 5) is 13.3. The minimum absolute atomic E-state index is 0.204. The van der Waals surface area contributed by atoms with Gasteiger partial charge in [-0.05, 0) is 66.5 Å². The van der Waals surface area contributed by atoms with Crippen LogP contribution in [0, 0.1) is 40.4 Å². The SMILES string of the molecule is CC(C)c1ccc2c(c1)CC[C@H]1[C@](C)(C(=O)Oc3c(F)c(F)c(F)c(F)c3F)CCC[C@@]21C. The Morgan fingerprint density at radius 2 is 1.58 bits per heavy atom. The third-order valence-electron chi connectivity index (χ3n) is 7.87. The summed E-state index contributed by atoms with van der Waals surface area (Å²) in [7, 11) is 0. The van der Waals surface area contributed by atoms with Gasteiger partial charge in [0.15, 0.2) is 0 Å². The van der Waals surface area contributed by atoms with Crippen LogP contribution in [0.3, 0.4) is 0 Å². The Bertz CT molecular complexity index is 1100. The van der Waals surface area contributed by atoms with Crippen molar-refractivity contribution in [3.8, 4) is 5.75 Å². The fourth-order valence-electron chi connectivity index (χ4n) is 6.00. The molecule has 4 rings (SSSR count). The molecule has 1 saturated carbocycles. The average Bonchev–Trinajstić information content (AvgIpc) is 2.78. The number of carbonyl (C=O) groups excluding carboxylic acids is 1. The van der Waals surface area contributed by atoms with Crippen LogP contribution in [0.4, 0.5) is 22.0 Å². The van der Waals surface area contributed by atoms with Crippen LogP contribution in [0.1, 0.15) is 76.0 Å². The van der Waals surface area contributed by atoms with Crippen LogP contribution >= 0.6 is 0 Å². The largest absolute Gasteiger partial charge is 0.420 e. The van der Waals surface area contributed by atoms with Crippen molar-refractivity contribution in [2.45, 2.75) is 71.1 Å². The first-order valence-electron chi connectivity index (χ1n) is 11.3. The molecule has 178 valence electrons. The van der Waals surface area contributed by atoms with Gasteiger partial charge in [0.1, 0.15) is 0 Å². The van der Waals surface area contributed by atoms with E-state index >= 15 is 0 Å². The molecule has 2 aromatic rings. The second kappa shape index (κ2) is 8.10. The van der Waals surface area contributed by atoms with Crippen molar-refractivity contribution in [1.29, 1.82) is 0 Å². The molecule has 3 atom stereocenters. The maximum Gasteiger partial charge on any atom is 0.317 e. The summed E-state index contributed by atoms with van der Waals surface area (Å²) in [6.07, 6.45) is 3.30. The van der Waals surface area contributed by atoms with E-state index in [-0.39, 0.29) is 11.3 Å². The Hall–Kier alpha value is -2.44. The lowest BCUT2D eigenvalue weighted by molar-refractivity contribution is -0.154. The van der Waals surface area contributed by atoms with Gasteiger partial charge in [-0.3, -0.25) is 4.79 Å². The van der Waals surface area contributed by atoms with Crippen LogP contribution in [-0.2, 0) is 16.6 Å². The zero-order chi connectivity index (χ0) is 24.3. The lowest BCUT2D eigenvalue weighted by Crippen LogP contribution is -2.53. The minimum atomic E-state index is -2.29. The fourth-order valence-corrected chi connectivity index (χ4v) is 6.00. The summed E-state index contributed by atoms with van der Waals surface area (Å²) in [6, 6.07) is 6.41. The molecule has 0 bridgehead atoms. The molecule has 0 saturated heterocycles. The Kier molecular flexibility index (Phi) is 5.82. The molecule has 0 aromatic heterocycles. The average molecular weight is 466 g/mol. The molecule has 0 amide bonds. The molecule has 2 nitrogen and oxygen atoms in total. The van der Waals surface area contributed by atoms with Crippen LogP contribution in [-0.4, -0.2) is 5.97 Å². The number of esters is 1. The lowest BCUT2D eigenvalue weighted by atomic mass is 9.49. The van der Waals surface area contributed by atoms with Gasteiger partial charge < -0.3 is 4.74 Å². The third-order valence-corrected chi connectivity index (χ3v) is 7.87. The summed E-state index contributed by atoms with van der Waals surface area (Å²) in [6.45, 7) is 8.02. The molecular weight excluding hydrogens is 439 g/mol. The minimum Gasteiger partial charge on any atom is -0.420 e.